The lowest BCUT2D eigenvalue weighted by atomic mass is 9.78. The van der Waals surface area contributed by atoms with Crippen LogP contribution in [0.2, 0.25) is 0 Å². The van der Waals surface area contributed by atoms with Crippen molar-refractivity contribution in [2.75, 3.05) is 12.3 Å². The number of hydrogen-bond donors (Lipinski definition) is 2. The van der Waals surface area contributed by atoms with E-state index in [1.165, 1.54) is 54.5 Å². The fourth-order valence-corrected chi connectivity index (χ4v) is 6.49. The molecule has 1 aromatic heterocycles. The number of nitrogens with one attached hydrogen (secondary N) is 1. The summed E-state index contributed by atoms with van der Waals surface area (Å²) in [5.41, 5.74) is 7.96. The highest BCUT2D eigenvalue weighted by Gasteiger charge is 2.25. The number of anilines is 1. The number of aryl methyl sites for hydroxylation is 1. The molecule has 4 nitrogen and oxygen atoms in total. The summed E-state index contributed by atoms with van der Waals surface area (Å²) >= 11 is 1.66. The molecule has 1 atom stereocenters. The van der Waals surface area contributed by atoms with Gasteiger partial charge in [-0.25, -0.2) is 4.98 Å². The van der Waals surface area contributed by atoms with E-state index in [4.69, 9.17) is 5.73 Å². The maximum absolute atomic E-state index is 12.9. The van der Waals surface area contributed by atoms with Crippen LogP contribution in [0.25, 0.3) is 10.8 Å². The lowest BCUT2D eigenvalue weighted by Crippen LogP contribution is -2.35. The van der Waals surface area contributed by atoms with Crippen molar-refractivity contribution in [1.29, 1.82) is 0 Å². The summed E-state index contributed by atoms with van der Waals surface area (Å²) in [6, 6.07) is 15.0. The number of nitrogens with zero attached hydrogens (tertiary/aromatic N) is 1. The molecule has 5 heteroatoms. The number of nitrogens with two attached hydrogens (primary N) is 1. The smallest absolute Gasteiger partial charge is 0.180 e. The number of ketones is 1. The molecule has 1 saturated carbocycles. The van der Waals surface area contributed by atoms with Crippen LogP contribution in [0.15, 0.2) is 42.5 Å². The van der Waals surface area contributed by atoms with E-state index in [1.54, 1.807) is 11.3 Å². The summed E-state index contributed by atoms with van der Waals surface area (Å²) in [6.45, 7) is 1.10. The second kappa shape index (κ2) is 9.72. The van der Waals surface area contributed by atoms with Crippen molar-refractivity contribution < 1.29 is 4.79 Å². The molecule has 2 aliphatic rings. The zero-order valence-electron chi connectivity index (χ0n) is 18.7. The monoisotopic (exact) mass is 447 g/mol. The van der Waals surface area contributed by atoms with Crippen LogP contribution < -0.4 is 11.1 Å². The van der Waals surface area contributed by atoms with Crippen molar-refractivity contribution in [2.24, 2.45) is 11.8 Å². The molecule has 1 fully saturated rings. The second-order valence-electron chi connectivity index (χ2n) is 9.68. The minimum absolute atomic E-state index is 0.307. The van der Waals surface area contributed by atoms with Gasteiger partial charge in [0.05, 0.1) is 5.69 Å². The fourth-order valence-electron chi connectivity index (χ4n) is 5.53. The van der Waals surface area contributed by atoms with Crippen molar-refractivity contribution in [3.8, 4) is 0 Å². The first-order valence-corrected chi connectivity index (χ1v) is 12.9. The fraction of sp³-hybridized carbons (Fsp3) is 0.481. The molecule has 1 unspecified atom stereocenters. The first-order valence-electron chi connectivity index (χ1n) is 12.1. The van der Waals surface area contributed by atoms with E-state index < -0.39 is 0 Å². The number of rotatable bonds is 7. The third-order valence-electron chi connectivity index (χ3n) is 7.45. The molecule has 3 aromatic rings. The molecule has 1 heterocycles. The van der Waals surface area contributed by atoms with Gasteiger partial charge >= 0.3 is 0 Å². The van der Waals surface area contributed by atoms with Gasteiger partial charge in [-0.1, -0.05) is 49.2 Å². The maximum Gasteiger partial charge on any atom is 0.180 e. The lowest BCUT2D eigenvalue weighted by molar-refractivity contribution is 0.0942. The van der Waals surface area contributed by atoms with Crippen molar-refractivity contribution in [3.05, 3.63) is 58.6 Å². The Morgan fingerprint density at radius 3 is 2.66 bits per heavy atom. The summed E-state index contributed by atoms with van der Waals surface area (Å²) in [6.07, 6.45) is 10.2. The van der Waals surface area contributed by atoms with Gasteiger partial charge in [0, 0.05) is 22.9 Å². The Kier molecular flexibility index (Phi) is 6.56. The lowest BCUT2D eigenvalue weighted by Gasteiger charge is -2.29. The summed E-state index contributed by atoms with van der Waals surface area (Å²) in [5.74, 6) is 1.65. The van der Waals surface area contributed by atoms with Gasteiger partial charge in [0.25, 0.3) is 0 Å². The van der Waals surface area contributed by atoms with E-state index >= 15 is 0 Å². The Morgan fingerprint density at radius 1 is 1.03 bits per heavy atom. The molecule has 3 N–H and O–H groups in total. The van der Waals surface area contributed by atoms with Crippen LogP contribution in [0.1, 0.15) is 65.9 Å². The average Bonchev–Trinajstić information content (AvgIpc) is 3.19. The molecule has 0 radical (unpaired) electrons. The first-order chi connectivity index (χ1) is 15.6. The van der Waals surface area contributed by atoms with Crippen LogP contribution in [0.3, 0.4) is 0 Å². The molecular formula is C27H33N3OS. The van der Waals surface area contributed by atoms with E-state index in [9.17, 15) is 4.79 Å². The summed E-state index contributed by atoms with van der Waals surface area (Å²) in [5, 5.41) is 6.85. The molecular weight excluding hydrogens is 414 g/mol. The van der Waals surface area contributed by atoms with Gasteiger partial charge in [-0.15, -0.1) is 11.3 Å². The SMILES string of the molecule is Nc1nc2c(s1)CC(NCCC1CCC(CC(=O)c3ccc4ccccc4c3)CC1)CC2. The number of aromatic nitrogens is 1. The average molecular weight is 448 g/mol. The third-order valence-corrected chi connectivity index (χ3v) is 8.40. The van der Waals surface area contributed by atoms with Crippen molar-refractivity contribution >= 4 is 33.0 Å². The van der Waals surface area contributed by atoms with Gasteiger partial charge in [-0.2, -0.15) is 0 Å². The summed E-state index contributed by atoms with van der Waals surface area (Å²) < 4.78 is 0. The maximum atomic E-state index is 12.9. The molecule has 0 saturated heterocycles. The largest absolute Gasteiger partial charge is 0.375 e. The first kappa shape index (κ1) is 21.6. The van der Waals surface area contributed by atoms with Crippen molar-refractivity contribution in [1.82, 2.24) is 10.3 Å². The highest BCUT2D eigenvalue weighted by molar-refractivity contribution is 7.15. The number of Topliss-reactive ketones (excluding diaryl/α,β-unsaturated/α-hetero) is 1. The van der Waals surface area contributed by atoms with Crippen LogP contribution in [0.5, 0.6) is 0 Å². The Bertz CT molecular complexity index is 1080. The number of hydrogen-bond acceptors (Lipinski definition) is 5. The molecule has 32 heavy (non-hydrogen) atoms. The molecule has 2 aliphatic carbocycles. The quantitative estimate of drug-likeness (QED) is 0.450. The summed E-state index contributed by atoms with van der Waals surface area (Å²) in [4.78, 5) is 18.7. The van der Waals surface area contributed by atoms with E-state index in [0.29, 0.717) is 29.3 Å². The minimum Gasteiger partial charge on any atom is -0.375 e. The Morgan fingerprint density at radius 2 is 1.81 bits per heavy atom. The highest BCUT2D eigenvalue weighted by Crippen LogP contribution is 2.34. The standard InChI is InChI=1S/C27H33N3OS/c28-27-30-24-12-11-23(17-26(24)32-27)29-14-13-18-5-7-19(8-6-18)15-25(31)22-10-9-20-3-1-2-4-21(20)16-22/h1-4,9-10,16,18-19,23,29H,5-8,11-15,17H2,(H2,28,30). The number of benzene rings is 2. The Hall–Kier alpha value is -2.24. The van der Waals surface area contributed by atoms with E-state index in [2.05, 4.69) is 34.6 Å². The zero-order chi connectivity index (χ0) is 21.9. The van der Waals surface area contributed by atoms with Gasteiger partial charge < -0.3 is 11.1 Å². The van der Waals surface area contributed by atoms with Crippen molar-refractivity contribution in [3.63, 3.8) is 0 Å². The van der Waals surface area contributed by atoms with Gasteiger partial charge in [-0.3, -0.25) is 4.79 Å². The molecule has 0 amide bonds. The van der Waals surface area contributed by atoms with Gasteiger partial charge in [0.2, 0.25) is 0 Å². The number of carbonyl (C=O) groups is 1. The van der Waals surface area contributed by atoms with Gasteiger partial charge in [0.1, 0.15) is 0 Å². The Labute approximate surface area is 194 Å². The molecule has 2 aromatic carbocycles. The normalized spacial score (nSPS) is 23.2. The molecule has 5 rings (SSSR count). The van der Waals surface area contributed by atoms with E-state index in [-0.39, 0.29) is 0 Å². The van der Waals surface area contributed by atoms with Gasteiger partial charge in [0.15, 0.2) is 10.9 Å². The zero-order valence-corrected chi connectivity index (χ0v) is 19.5. The topological polar surface area (TPSA) is 68.0 Å². The van der Waals surface area contributed by atoms with E-state index in [0.717, 1.165) is 36.3 Å². The predicted octanol–water partition coefficient (Wildman–Crippen LogP) is 5.79. The minimum atomic E-state index is 0.307. The third kappa shape index (κ3) is 5.05. The number of carbonyl (C=O) groups excluding carboxylic acids is 1. The number of fused-ring (bicyclic) bond motifs is 2. The van der Waals surface area contributed by atoms with Crippen LogP contribution in [0, 0.1) is 11.8 Å². The number of thiazole rings is 1. The van der Waals surface area contributed by atoms with Crippen molar-refractivity contribution in [2.45, 2.75) is 63.8 Å². The van der Waals surface area contributed by atoms with Crippen LogP contribution >= 0.6 is 11.3 Å². The number of nitrogen functional groups attached to an aromatic ring is 1. The highest BCUT2D eigenvalue weighted by atomic mass is 32.1. The summed E-state index contributed by atoms with van der Waals surface area (Å²) in [7, 11) is 0. The van der Waals surface area contributed by atoms with Crippen LogP contribution in [-0.2, 0) is 12.8 Å². The van der Waals surface area contributed by atoms with Crippen LogP contribution in [0.4, 0.5) is 5.13 Å². The predicted molar refractivity (Wildman–Crippen MR) is 133 cm³/mol. The molecule has 0 bridgehead atoms. The van der Waals surface area contributed by atoms with Crippen LogP contribution in [-0.4, -0.2) is 23.4 Å². The molecule has 0 spiro atoms. The van der Waals surface area contributed by atoms with Gasteiger partial charge in [-0.05, 0) is 73.7 Å². The van der Waals surface area contributed by atoms with E-state index in [1.807, 2.05) is 18.2 Å². The second-order valence-corrected chi connectivity index (χ2v) is 10.8. The molecule has 0 aliphatic heterocycles. The Balaban J connectivity index is 1.04. The molecule has 168 valence electrons.